The van der Waals surface area contributed by atoms with E-state index in [0.29, 0.717) is 11.5 Å². The van der Waals surface area contributed by atoms with Crippen LogP contribution in [0.1, 0.15) is 58.9 Å². The fourth-order valence-electron chi connectivity index (χ4n) is 3.00. The van der Waals surface area contributed by atoms with Crippen molar-refractivity contribution in [1.82, 2.24) is 10.2 Å². The van der Waals surface area contributed by atoms with Gasteiger partial charge in [0.2, 0.25) is 0 Å². The first kappa shape index (κ1) is 17.0. The Balaban J connectivity index is 2.00. The SMILES string of the molecule is CCC(CC)(CNC(C)C)CN(Cc1ccsc1)C1CC1. The highest BCUT2D eigenvalue weighted by Gasteiger charge is 2.35. The molecule has 0 radical (unpaired) electrons. The molecule has 1 aliphatic carbocycles. The third-order valence-electron chi connectivity index (χ3n) is 4.95. The second-order valence-corrected chi connectivity index (χ2v) is 7.79. The van der Waals surface area contributed by atoms with E-state index in [1.807, 2.05) is 11.3 Å². The van der Waals surface area contributed by atoms with Crippen LogP contribution in [0, 0.1) is 5.41 Å². The molecule has 3 heteroatoms. The van der Waals surface area contributed by atoms with Gasteiger partial charge in [-0.15, -0.1) is 0 Å². The fraction of sp³-hybridized carbons (Fsp3) is 0.778. The van der Waals surface area contributed by atoms with Gasteiger partial charge in [-0.1, -0.05) is 27.7 Å². The highest BCUT2D eigenvalue weighted by atomic mass is 32.1. The maximum atomic E-state index is 3.69. The Labute approximate surface area is 134 Å². The van der Waals surface area contributed by atoms with Gasteiger partial charge in [0.05, 0.1) is 0 Å². The van der Waals surface area contributed by atoms with Crippen LogP contribution in [0.2, 0.25) is 0 Å². The van der Waals surface area contributed by atoms with E-state index in [4.69, 9.17) is 0 Å². The quantitative estimate of drug-likeness (QED) is 0.684. The minimum absolute atomic E-state index is 0.420. The summed E-state index contributed by atoms with van der Waals surface area (Å²) in [6.07, 6.45) is 5.31. The molecule has 0 aliphatic heterocycles. The molecule has 0 saturated heterocycles. The van der Waals surface area contributed by atoms with Gasteiger partial charge in [-0.05, 0) is 53.5 Å². The molecule has 0 aromatic carbocycles. The summed E-state index contributed by atoms with van der Waals surface area (Å²) < 4.78 is 0. The molecule has 0 spiro atoms. The first-order valence-electron chi connectivity index (χ1n) is 8.57. The normalized spacial score (nSPS) is 16.1. The van der Waals surface area contributed by atoms with Crippen molar-refractivity contribution < 1.29 is 0 Å². The zero-order valence-corrected chi connectivity index (χ0v) is 15.0. The van der Waals surface area contributed by atoms with Crippen LogP contribution >= 0.6 is 11.3 Å². The van der Waals surface area contributed by atoms with E-state index in [-0.39, 0.29) is 0 Å². The molecule has 120 valence electrons. The molecule has 0 bridgehead atoms. The Bertz CT molecular complexity index is 391. The molecule has 1 N–H and O–H groups in total. The predicted octanol–water partition coefficient (Wildman–Crippen LogP) is 4.52. The minimum atomic E-state index is 0.420. The molecule has 1 aliphatic rings. The average Bonchev–Trinajstić information content (AvgIpc) is 3.20. The number of hydrogen-bond acceptors (Lipinski definition) is 3. The van der Waals surface area contributed by atoms with Crippen LogP contribution in [-0.2, 0) is 6.54 Å². The predicted molar refractivity (Wildman–Crippen MR) is 93.9 cm³/mol. The molecule has 1 aromatic heterocycles. The van der Waals surface area contributed by atoms with E-state index in [0.717, 1.165) is 19.1 Å². The van der Waals surface area contributed by atoms with Crippen LogP contribution in [0.3, 0.4) is 0 Å². The van der Waals surface area contributed by atoms with Crippen molar-refractivity contribution in [3.63, 3.8) is 0 Å². The van der Waals surface area contributed by atoms with Gasteiger partial charge >= 0.3 is 0 Å². The van der Waals surface area contributed by atoms with Crippen LogP contribution in [-0.4, -0.2) is 30.1 Å². The highest BCUT2D eigenvalue weighted by molar-refractivity contribution is 7.07. The van der Waals surface area contributed by atoms with Gasteiger partial charge in [0.15, 0.2) is 0 Å². The molecule has 1 fully saturated rings. The average molecular weight is 309 g/mol. The topological polar surface area (TPSA) is 15.3 Å². The molecular weight excluding hydrogens is 276 g/mol. The van der Waals surface area contributed by atoms with Gasteiger partial charge in [0, 0.05) is 31.7 Å². The molecule has 2 nitrogen and oxygen atoms in total. The molecule has 2 rings (SSSR count). The lowest BCUT2D eigenvalue weighted by atomic mass is 9.81. The van der Waals surface area contributed by atoms with Crippen LogP contribution in [0.25, 0.3) is 0 Å². The van der Waals surface area contributed by atoms with Crippen LogP contribution in [0.15, 0.2) is 16.8 Å². The lowest BCUT2D eigenvalue weighted by Gasteiger charge is -2.38. The summed E-state index contributed by atoms with van der Waals surface area (Å²) >= 11 is 1.82. The summed E-state index contributed by atoms with van der Waals surface area (Å²) in [5, 5.41) is 8.20. The molecular formula is C18H32N2S. The third-order valence-corrected chi connectivity index (χ3v) is 5.68. The van der Waals surface area contributed by atoms with Crippen LogP contribution in [0.4, 0.5) is 0 Å². The van der Waals surface area contributed by atoms with Gasteiger partial charge in [-0.3, -0.25) is 4.90 Å². The number of nitrogens with zero attached hydrogens (tertiary/aromatic N) is 1. The molecule has 1 saturated carbocycles. The largest absolute Gasteiger partial charge is 0.314 e. The van der Waals surface area contributed by atoms with Gasteiger partial charge in [0.25, 0.3) is 0 Å². The van der Waals surface area contributed by atoms with Crippen molar-refractivity contribution >= 4 is 11.3 Å². The monoisotopic (exact) mass is 308 g/mol. The molecule has 0 atom stereocenters. The maximum absolute atomic E-state index is 3.69. The van der Waals surface area contributed by atoms with Crippen molar-refractivity contribution in [2.45, 2.75) is 72.0 Å². The summed E-state index contributed by atoms with van der Waals surface area (Å²) in [6, 6.07) is 3.70. The van der Waals surface area contributed by atoms with Gasteiger partial charge < -0.3 is 5.32 Å². The maximum Gasteiger partial charge on any atom is 0.0245 e. The van der Waals surface area contributed by atoms with Gasteiger partial charge in [-0.25, -0.2) is 0 Å². The molecule has 1 heterocycles. The van der Waals surface area contributed by atoms with Crippen molar-refractivity contribution in [3.8, 4) is 0 Å². The van der Waals surface area contributed by atoms with E-state index in [2.05, 4.69) is 54.7 Å². The molecule has 0 unspecified atom stereocenters. The second-order valence-electron chi connectivity index (χ2n) is 7.01. The summed E-state index contributed by atoms with van der Waals surface area (Å²) in [7, 11) is 0. The van der Waals surface area contributed by atoms with E-state index in [1.54, 1.807) is 0 Å². The minimum Gasteiger partial charge on any atom is -0.314 e. The second kappa shape index (κ2) is 7.75. The zero-order chi connectivity index (χ0) is 15.3. The van der Waals surface area contributed by atoms with E-state index >= 15 is 0 Å². The van der Waals surface area contributed by atoms with Gasteiger partial charge in [-0.2, -0.15) is 11.3 Å². The smallest absolute Gasteiger partial charge is 0.0245 e. The highest BCUT2D eigenvalue weighted by Crippen LogP contribution is 2.35. The van der Waals surface area contributed by atoms with E-state index in [9.17, 15) is 0 Å². The number of thiophene rings is 1. The van der Waals surface area contributed by atoms with Crippen LogP contribution < -0.4 is 5.32 Å². The zero-order valence-electron chi connectivity index (χ0n) is 14.2. The Kier molecular flexibility index (Phi) is 6.27. The third kappa shape index (κ3) is 5.08. The van der Waals surface area contributed by atoms with E-state index in [1.165, 1.54) is 37.8 Å². The molecule has 21 heavy (non-hydrogen) atoms. The van der Waals surface area contributed by atoms with Crippen molar-refractivity contribution in [1.29, 1.82) is 0 Å². The first-order valence-corrected chi connectivity index (χ1v) is 9.51. The first-order chi connectivity index (χ1) is 10.1. The number of rotatable bonds is 10. The summed E-state index contributed by atoms with van der Waals surface area (Å²) in [4.78, 5) is 2.75. The Morgan fingerprint density at radius 2 is 2.05 bits per heavy atom. The van der Waals surface area contributed by atoms with Crippen molar-refractivity contribution in [3.05, 3.63) is 22.4 Å². The molecule has 1 aromatic rings. The Hall–Kier alpha value is -0.380. The standard InChI is InChI=1S/C18H32N2S/c1-5-18(6-2,13-19-15(3)4)14-20(17-7-8-17)11-16-9-10-21-12-16/h9-10,12,15,17,19H,5-8,11,13-14H2,1-4H3. The summed E-state index contributed by atoms with van der Waals surface area (Å²) in [6.45, 7) is 12.7. The number of nitrogens with one attached hydrogen (secondary N) is 1. The lowest BCUT2D eigenvalue weighted by Crippen LogP contribution is -2.45. The Morgan fingerprint density at radius 3 is 2.52 bits per heavy atom. The van der Waals surface area contributed by atoms with Gasteiger partial charge in [0.1, 0.15) is 0 Å². The lowest BCUT2D eigenvalue weighted by molar-refractivity contribution is 0.120. The van der Waals surface area contributed by atoms with Crippen LogP contribution in [0.5, 0.6) is 0 Å². The van der Waals surface area contributed by atoms with Crippen molar-refractivity contribution in [2.24, 2.45) is 5.41 Å². The molecule has 0 amide bonds. The fourth-order valence-corrected chi connectivity index (χ4v) is 3.66. The van der Waals surface area contributed by atoms with E-state index < -0.39 is 0 Å². The summed E-state index contributed by atoms with van der Waals surface area (Å²) in [5.41, 5.74) is 1.91. The number of hydrogen-bond donors (Lipinski definition) is 1. The van der Waals surface area contributed by atoms with Crippen molar-refractivity contribution in [2.75, 3.05) is 13.1 Å². The summed E-state index contributed by atoms with van der Waals surface area (Å²) in [5.74, 6) is 0. The Morgan fingerprint density at radius 1 is 1.33 bits per heavy atom.